The average Bonchev–Trinajstić information content (AvgIpc) is 2.50. The topological polar surface area (TPSA) is 36.9 Å². The molecule has 0 amide bonds. The maximum absolute atomic E-state index is 6.33. The van der Waals surface area contributed by atoms with Gasteiger partial charge in [0.15, 0.2) is 9.03 Å². The van der Waals surface area contributed by atoms with Gasteiger partial charge in [-0.1, -0.05) is 40.0 Å². The zero-order chi connectivity index (χ0) is 15.8. The van der Waals surface area contributed by atoms with Gasteiger partial charge in [0.1, 0.15) is 0 Å². The minimum absolute atomic E-state index is 0.107. The summed E-state index contributed by atoms with van der Waals surface area (Å²) in [6.07, 6.45) is 7.57. The summed E-state index contributed by atoms with van der Waals surface area (Å²) in [4.78, 5) is 0. The summed E-state index contributed by atoms with van der Waals surface area (Å²) in [5, 5.41) is 0. The van der Waals surface area contributed by atoms with Crippen LogP contribution in [0.25, 0.3) is 0 Å². The summed E-state index contributed by atoms with van der Waals surface area (Å²) in [6.45, 7) is 9.60. The summed E-state index contributed by atoms with van der Waals surface area (Å²) in [7, 11) is 0.169. The SMILES string of the molecule is CCCC(C)CC1CC(CCC)OCC2(COPOC2)CO1. The highest BCUT2D eigenvalue weighted by atomic mass is 31.1. The molecule has 0 aromatic heterocycles. The summed E-state index contributed by atoms with van der Waals surface area (Å²) < 4.78 is 23.7. The van der Waals surface area contributed by atoms with E-state index < -0.39 is 0 Å². The Labute approximate surface area is 137 Å². The molecule has 0 aliphatic carbocycles. The van der Waals surface area contributed by atoms with Gasteiger partial charge in [-0.05, 0) is 25.2 Å². The van der Waals surface area contributed by atoms with E-state index in [1.165, 1.54) is 12.8 Å². The monoisotopic (exact) mass is 332 g/mol. The molecule has 5 heteroatoms. The fraction of sp³-hybridized carbons (Fsp3) is 1.00. The molecular weight excluding hydrogens is 299 g/mol. The van der Waals surface area contributed by atoms with Crippen LogP contribution >= 0.6 is 9.03 Å². The van der Waals surface area contributed by atoms with Crippen LogP contribution in [0, 0.1) is 11.3 Å². The molecule has 1 spiro atoms. The molecule has 3 atom stereocenters. The Morgan fingerprint density at radius 2 is 1.68 bits per heavy atom. The van der Waals surface area contributed by atoms with E-state index >= 15 is 0 Å². The van der Waals surface area contributed by atoms with Crippen LogP contribution in [0.2, 0.25) is 0 Å². The van der Waals surface area contributed by atoms with Crippen LogP contribution < -0.4 is 0 Å². The zero-order valence-electron chi connectivity index (χ0n) is 14.4. The normalized spacial score (nSPS) is 36.1. The van der Waals surface area contributed by atoms with Gasteiger partial charge in [-0.3, -0.25) is 0 Å². The molecule has 2 saturated heterocycles. The maximum Gasteiger partial charge on any atom is 0.155 e. The molecule has 0 saturated carbocycles. The molecule has 2 rings (SSSR count). The van der Waals surface area contributed by atoms with E-state index in [1.54, 1.807) is 0 Å². The molecule has 0 aromatic rings. The van der Waals surface area contributed by atoms with Gasteiger partial charge in [-0.2, -0.15) is 0 Å². The highest BCUT2D eigenvalue weighted by Crippen LogP contribution is 2.36. The number of ether oxygens (including phenoxy) is 2. The summed E-state index contributed by atoms with van der Waals surface area (Å²) in [5.41, 5.74) is -0.107. The molecule has 22 heavy (non-hydrogen) atoms. The molecule has 2 fully saturated rings. The second-order valence-electron chi connectivity index (χ2n) is 7.18. The van der Waals surface area contributed by atoms with Crippen molar-refractivity contribution in [3.63, 3.8) is 0 Å². The Morgan fingerprint density at radius 3 is 2.32 bits per heavy atom. The summed E-state index contributed by atoms with van der Waals surface area (Å²) in [5.74, 6) is 0.716. The van der Waals surface area contributed by atoms with E-state index in [2.05, 4.69) is 20.8 Å². The fourth-order valence-corrected chi connectivity index (χ4v) is 4.24. The van der Waals surface area contributed by atoms with Gasteiger partial charge < -0.3 is 18.5 Å². The second kappa shape index (κ2) is 9.54. The largest absolute Gasteiger partial charge is 0.377 e. The van der Waals surface area contributed by atoms with E-state index in [1.807, 2.05) is 0 Å². The van der Waals surface area contributed by atoms with Crippen LogP contribution in [0.3, 0.4) is 0 Å². The van der Waals surface area contributed by atoms with Crippen molar-refractivity contribution in [2.45, 2.75) is 71.5 Å². The average molecular weight is 332 g/mol. The molecule has 0 bridgehead atoms. The molecule has 0 aromatic carbocycles. The lowest BCUT2D eigenvalue weighted by Gasteiger charge is -2.40. The highest BCUT2D eigenvalue weighted by Gasteiger charge is 2.38. The van der Waals surface area contributed by atoms with Crippen molar-refractivity contribution in [3.05, 3.63) is 0 Å². The molecule has 2 heterocycles. The van der Waals surface area contributed by atoms with Gasteiger partial charge in [0.25, 0.3) is 0 Å². The lowest BCUT2D eigenvalue weighted by molar-refractivity contribution is -0.150. The first-order chi connectivity index (χ1) is 10.7. The first kappa shape index (κ1) is 18.6. The molecule has 130 valence electrons. The van der Waals surface area contributed by atoms with Crippen molar-refractivity contribution in [2.24, 2.45) is 11.3 Å². The van der Waals surface area contributed by atoms with Crippen LogP contribution in [-0.4, -0.2) is 38.6 Å². The van der Waals surface area contributed by atoms with Crippen LogP contribution in [0.1, 0.15) is 59.3 Å². The quantitative estimate of drug-likeness (QED) is 0.679. The van der Waals surface area contributed by atoms with Crippen molar-refractivity contribution < 1.29 is 18.5 Å². The molecule has 0 radical (unpaired) electrons. The molecule has 2 aliphatic heterocycles. The van der Waals surface area contributed by atoms with Gasteiger partial charge in [-0.15, -0.1) is 0 Å². The second-order valence-corrected chi connectivity index (χ2v) is 7.92. The van der Waals surface area contributed by atoms with E-state index in [0.29, 0.717) is 44.6 Å². The molecule has 2 aliphatic rings. The number of hydrogen-bond acceptors (Lipinski definition) is 4. The van der Waals surface area contributed by atoms with E-state index in [0.717, 1.165) is 25.7 Å². The van der Waals surface area contributed by atoms with Gasteiger partial charge in [0, 0.05) is 0 Å². The predicted octanol–water partition coefficient (Wildman–Crippen LogP) is 4.33. The Balaban J connectivity index is 1.97. The lowest BCUT2D eigenvalue weighted by atomic mass is 9.89. The maximum atomic E-state index is 6.33. The predicted molar refractivity (Wildman–Crippen MR) is 90.3 cm³/mol. The van der Waals surface area contributed by atoms with Crippen molar-refractivity contribution in [1.29, 1.82) is 0 Å². The third kappa shape index (κ3) is 5.72. The van der Waals surface area contributed by atoms with Crippen molar-refractivity contribution in [2.75, 3.05) is 26.4 Å². The Bertz CT molecular complexity index is 307. The minimum Gasteiger partial charge on any atom is -0.377 e. The third-order valence-corrected chi connectivity index (χ3v) is 5.23. The fourth-order valence-electron chi connectivity index (χ4n) is 3.42. The molecular formula is C17H33O4P. The minimum atomic E-state index is -0.107. The molecule has 0 N–H and O–H groups in total. The van der Waals surface area contributed by atoms with Crippen LogP contribution in [0.5, 0.6) is 0 Å². The smallest absolute Gasteiger partial charge is 0.155 e. The first-order valence-electron chi connectivity index (χ1n) is 8.89. The number of hydrogen-bond donors (Lipinski definition) is 0. The van der Waals surface area contributed by atoms with Crippen molar-refractivity contribution >= 4 is 9.03 Å². The Morgan fingerprint density at radius 1 is 1.00 bits per heavy atom. The summed E-state index contributed by atoms with van der Waals surface area (Å²) >= 11 is 0. The van der Waals surface area contributed by atoms with Crippen LogP contribution in [0.15, 0.2) is 0 Å². The van der Waals surface area contributed by atoms with E-state index in [-0.39, 0.29) is 14.4 Å². The Kier molecular flexibility index (Phi) is 8.07. The molecule has 3 unspecified atom stereocenters. The van der Waals surface area contributed by atoms with Gasteiger partial charge in [0.05, 0.1) is 44.1 Å². The van der Waals surface area contributed by atoms with Gasteiger partial charge in [0.2, 0.25) is 0 Å². The van der Waals surface area contributed by atoms with E-state index in [4.69, 9.17) is 18.5 Å². The first-order valence-corrected chi connectivity index (χ1v) is 9.71. The van der Waals surface area contributed by atoms with Crippen LogP contribution in [-0.2, 0) is 18.5 Å². The highest BCUT2D eigenvalue weighted by molar-refractivity contribution is 7.26. The van der Waals surface area contributed by atoms with Crippen LogP contribution in [0.4, 0.5) is 0 Å². The van der Waals surface area contributed by atoms with Gasteiger partial charge in [-0.25, -0.2) is 0 Å². The van der Waals surface area contributed by atoms with Crippen molar-refractivity contribution in [3.8, 4) is 0 Å². The Hall–Kier alpha value is 0.270. The molecule has 4 nitrogen and oxygen atoms in total. The summed E-state index contributed by atoms with van der Waals surface area (Å²) in [6, 6.07) is 0. The zero-order valence-corrected chi connectivity index (χ0v) is 15.4. The van der Waals surface area contributed by atoms with E-state index in [9.17, 15) is 0 Å². The van der Waals surface area contributed by atoms with Gasteiger partial charge >= 0.3 is 0 Å². The third-order valence-electron chi connectivity index (χ3n) is 4.71. The van der Waals surface area contributed by atoms with Crippen molar-refractivity contribution in [1.82, 2.24) is 0 Å². The standard InChI is InChI=1S/C17H33O4P/c1-4-6-14(3)8-16-9-15(7-5-2)18-10-17(11-19-16)12-20-22-21-13-17/h14-16,22H,4-13H2,1-3H3. The lowest BCUT2D eigenvalue weighted by Crippen LogP contribution is -2.46. The number of rotatable bonds is 6.